The zero-order valence-corrected chi connectivity index (χ0v) is 8.55. The van der Waals surface area contributed by atoms with E-state index in [1.54, 1.807) is 19.2 Å². The number of aromatic hydroxyl groups is 1. The maximum Gasteiger partial charge on any atom is 0.133 e. The highest BCUT2D eigenvalue weighted by molar-refractivity contribution is 5.45. The van der Waals surface area contributed by atoms with Gasteiger partial charge >= 0.3 is 0 Å². The molecule has 0 aromatic heterocycles. The van der Waals surface area contributed by atoms with Gasteiger partial charge in [0.2, 0.25) is 0 Å². The lowest BCUT2D eigenvalue weighted by molar-refractivity contribution is 0.0695. The second-order valence-electron chi connectivity index (χ2n) is 3.43. The van der Waals surface area contributed by atoms with Crippen LogP contribution in [0.5, 0.6) is 5.75 Å². The van der Waals surface area contributed by atoms with Gasteiger partial charge in [0.15, 0.2) is 0 Å². The summed E-state index contributed by atoms with van der Waals surface area (Å²) in [6.07, 6.45) is 9.59. The first-order chi connectivity index (χ1) is 7.28. The maximum atomic E-state index is 9.80. The van der Waals surface area contributed by atoms with Gasteiger partial charge in [-0.05, 0) is 18.2 Å². The van der Waals surface area contributed by atoms with Crippen molar-refractivity contribution in [3.8, 4) is 5.75 Å². The predicted octanol–water partition coefficient (Wildman–Crippen LogP) is 2.56. The Morgan fingerprint density at radius 2 is 1.80 bits per heavy atom. The summed E-state index contributed by atoms with van der Waals surface area (Å²) in [5, 5.41) is 9.80. The van der Waals surface area contributed by atoms with Crippen LogP contribution in [0, 0.1) is 6.42 Å². The second-order valence-corrected chi connectivity index (χ2v) is 3.43. The average molecular weight is 201 g/mol. The molecule has 2 heteroatoms. The predicted molar refractivity (Wildman–Crippen MR) is 59.4 cm³/mol. The number of hydrogen-bond donors (Lipinski definition) is 1. The minimum absolute atomic E-state index is 0.246. The highest BCUT2D eigenvalue weighted by Gasteiger charge is 2.29. The monoisotopic (exact) mass is 201 g/mol. The third-order valence-corrected chi connectivity index (χ3v) is 2.57. The normalized spacial score (nSPS) is 17.9. The van der Waals surface area contributed by atoms with Crippen molar-refractivity contribution < 1.29 is 9.84 Å². The van der Waals surface area contributed by atoms with Crippen molar-refractivity contribution in [2.75, 3.05) is 7.11 Å². The Bertz CT molecular complexity index is 393. The van der Waals surface area contributed by atoms with E-state index in [0.717, 1.165) is 5.56 Å². The van der Waals surface area contributed by atoms with Crippen molar-refractivity contribution in [3.63, 3.8) is 0 Å². The zero-order chi connectivity index (χ0) is 10.7. The number of ether oxygens (including phenoxy) is 1. The minimum Gasteiger partial charge on any atom is -0.508 e. The van der Waals surface area contributed by atoms with Crippen LogP contribution in [-0.4, -0.2) is 12.2 Å². The third-order valence-electron chi connectivity index (χ3n) is 2.57. The van der Waals surface area contributed by atoms with Crippen molar-refractivity contribution in [1.82, 2.24) is 0 Å². The smallest absolute Gasteiger partial charge is 0.133 e. The van der Waals surface area contributed by atoms with E-state index >= 15 is 0 Å². The van der Waals surface area contributed by atoms with Crippen molar-refractivity contribution in [1.29, 1.82) is 0 Å². The second kappa shape index (κ2) is 3.91. The number of rotatable bonds is 2. The molecule has 1 aliphatic rings. The third kappa shape index (κ3) is 1.68. The Balaban J connectivity index is 2.51. The van der Waals surface area contributed by atoms with Crippen LogP contribution in [0.2, 0.25) is 0 Å². The van der Waals surface area contributed by atoms with E-state index in [1.165, 1.54) is 0 Å². The molecule has 0 aliphatic heterocycles. The van der Waals surface area contributed by atoms with Crippen LogP contribution in [0.25, 0.3) is 0 Å². The minimum atomic E-state index is -0.639. The fourth-order valence-electron chi connectivity index (χ4n) is 1.75. The Kier molecular flexibility index (Phi) is 2.60. The number of phenols is 1. The first-order valence-corrected chi connectivity index (χ1v) is 4.82. The molecule has 0 saturated carbocycles. The number of allylic oxidation sites excluding steroid dienone is 2. The van der Waals surface area contributed by atoms with E-state index in [9.17, 15) is 5.11 Å². The first kappa shape index (κ1) is 9.99. The van der Waals surface area contributed by atoms with E-state index < -0.39 is 5.60 Å². The molecule has 1 aromatic carbocycles. The maximum absolute atomic E-state index is 9.80. The molecule has 0 spiro atoms. The Hall–Kier alpha value is -1.54. The molecule has 1 N–H and O–H groups in total. The van der Waals surface area contributed by atoms with E-state index in [0.29, 0.717) is 0 Å². The molecule has 0 bridgehead atoms. The lowest BCUT2D eigenvalue weighted by Gasteiger charge is -2.28. The molecule has 2 nitrogen and oxygen atoms in total. The van der Waals surface area contributed by atoms with Crippen LogP contribution in [0.1, 0.15) is 5.56 Å². The van der Waals surface area contributed by atoms with Crippen molar-refractivity contribution in [2.24, 2.45) is 0 Å². The summed E-state index contributed by atoms with van der Waals surface area (Å²) in [6.45, 7) is 0. The highest BCUT2D eigenvalue weighted by atomic mass is 16.5. The van der Waals surface area contributed by atoms with Gasteiger partial charge in [0.05, 0.1) is 0 Å². The van der Waals surface area contributed by atoms with Crippen LogP contribution in [0.15, 0.2) is 48.6 Å². The summed E-state index contributed by atoms with van der Waals surface area (Å²) in [4.78, 5) is 0. The van der Waals surface area contributed by atoms with E-state index in [2.05, 4.69) is 0 Å². The van der Waals surface area contributed by atoms with E-state index in [4.69, 9.17) is 4.74 Å². The lowest BCUT2D eigenvalue weighted by atomic mass is 9.89. The molecular weight excluding hydrogens is 188 g/mol. The molecule has 1 aromatic rings. The Morgan fingerprint density at radius 1 is 1.13 bits per heavy atom. The Morgan fingerprint density at radius 3 is 2.40 bits per heavy atom. The largest absolute Gasteiger partial charge is 0.508 e. The van der Waals surface area contributed by atoms with Gasteiger partial charge in [0.1, 0.15) is 11.4 Å². The molecule has 0 fully saturated rings. The number of para-hydroxylation sites is 1. The van der Waals surface area contributed by atoms with Gasteiger partial charge in [0, 0.05) is 19.1 Å². The number of benzene rings is 1. The number of hydrogen-bond acceptors (Lipinski definition) is 2. The first-order valence-electron chi connectivity index (χ1n) is 4.82. The summed E-state index contributed by atoms with van der Waals surface area (Å²) < 4.78 is 5.49. The summed E-state index contributed by atoms with van der Waals surface area (Å²) >= 11 is 0. The fraction of sp³-hybridized carbons (Fsp3) is 0.154. The Labute approximate surface area is 89.5 Å². The molecule has 0 atom stereocenters. The van der Waals surface area contributed by atoms with Crippen LogP contribution in [0.4, 0.5) is 0 Å². The van der Waals surface area contributed by atoms with Crippen LogP contribution in [0.3, 0.4) is 0 Å². The molecule has 15 heavy (non-hydrogen) atoms. The van der Waals surface area contributed by atoms with Crippen molar-refractivity contribution in [3.05, 3.63) is 60.6 Å². The zero-order valence-electron chi connectivity index (χ0n) is 8.55. The summed E-state index contributed by atoms with van der Waals surface area (Å²) in [6, 6.07) is 7.20. The standard InChI is InChI=1S/C13H13O2/c1-15-13(9-5-2-6-10-13)11-7-3-4-8-12(11)14/h2-10,14H,1H3. The lowest BCUT2D eigenvalue weighted by Crippen LogP contribution is -2.24. The molecular formula is C13H13O2. The van der Waals surface area contributed by atoms with Gasteiger partial charge in [-0.15, -0.1) is 0 Å². The van der Waals surface area contributed by atoms with Gasteiger partial charge in [-0.1, -0.05) is 30.4 Å². The van der Waals surface area contributed by atoms with Crippen molar-refractivity contribution >= 4 is 0 Å². The SMILES string of the molecule is COC1(c2ccccc2O)C=C[CH]C=C1. The molecule has 0 unspecified atom stereocenters. The molecule has 0 heterocycles. The highest BCUT2D eigenvalue weighted by Crippen LogP contribution is 2.36. The molecule has 2 rings (SSSR count). The van der Waals surface area contributed by atoms with Gasteiger partial charge in [-0.2, -0.15) is 0 Å². The molecule has 77 valence electrons. The van der Waals surface area contributed by atoms with Gasteiger partial charge in [-0.3, -0.25) is 0 Å². The molecule has 1 aliphatic carbocycles. The number of phenolic OH excluding ortho intramolecular Hbond substituents is 1. The van der Waals surface area contributed by atoms with Gasteiger partial charge < -0.3 is 9.84 Å². The molecule has 0 saturated heterocycles. The summed E-state index contributed by atoms with van der Waals surface area (Å²) in [7, 11) is 1.63. The van der Waals surface area contributed by atoms with E-state index in [-0.39, 0.29) is 5.75 Å². The summed E-state index contributed by atoms with van der Waals surface area (Å²) in [5.41, 5.74) is 0.119. The average Bonchev–Trinajstić information content (AvgIpc) is 2.30. The molecule has 0 amide bonds. The van der Waals surface area contributed by atoms with Crippen LogP contribution < -0.4 is 0 Å². The molecule has 1 radical (unpaired) electrons. The van der Waals surface area contributed by atoms with Crippen LogP contribution >= 0.6 is 0 Å². The summed E-state index contributed by atoms with van der Waals surface area (Å²) in [5.74, 6) is 0.246. The van der Waals surface area contributed by atoms with Crippen LogP contribution in [-0.2, 0) is 10.3 Å². The fourth-order valence-corrected chi connectivity index (χ4v) is 1.75. The van der Waals surface area contributed by atoms with E-state index in [1.807, 2.05) is 42.9 Å². The topological polar surface area (TPSA) is 29.5 Å². The van der Waals surface area contributed by atoms with Gasteiger partial charge in [0.25, 0.3) is 0 Å². The quantitative estimate of drug-likeness (QED) is 0.796. The number of methoxy groups -OCH3 is 1. The van der Waals surface area contributed by atoms with Gasteiger partial charge in [-0.25, -0.2) is 0 Å². The van der Waals surface area contributed by atoms with Crippen molar-refractivity contribution in [2.45, 2.75) is 5.60 Å².